The number of hydrogen-bond acceptors (Lipinski definition) is 5. The average molecular weight is 316 g/mol. The average Bonchev–Trinajstić information content (AvgIpc) is 2.46. The summed E-state index contributed by atoms with van der Waals surface area (Å²) in [6.45, 7) is 1.28. The predicted octanol–water partition coefficient (Wildman–Crippen LogP) is 1.55. The normalized spacial score (nSPS) is 15.4. The maximum absolute atomic E-state index is 12.3. The zero-order chi connectivity index (χ0) is 14.7. The quantitative estimate of drug-likeness (QED) is 0.651. The largest absolute Gasteiger partial charge is 0.502 e. The highest BCUT2D eigenvalue weighted by Crippen LogP contribution is 2.27. The molecule has 116 valence electrons. The van der Waals surface area contributed by atoms with Gasteiger partial charge in [-0.15, -0.1) is 12.4 Å². The molecule has 1 aliphatic rings. The second-order valence-electron chi connectivity index (χ2n) is 4.82. The second kappa shape index (κ2) is 7.24. The van der Waals surface area contributed by atoms with Gasteiger partial charge in [0, 0.05) is 30.8 Å². The number of nitrogens with zero attached hydrogens (tertiary/aromatic N) is 2. The van der Waals surface area contributed by atoms with Gasteiger partial charge in [0.2, 0.25) is 0 Å². The molecule has 0 radical (unpaired) electrons. The third-order valence-corrected chi connectivity index (χ3v) is 3.61. The van der Waals surface area contributed by atoms with Gasteiger partial charge < -0.3 is 15.3 Å². The van der Waals surface area contributed by atoms with E-state index in [9.17, 15) is 20.0 Å². The lowest BCUT2D eigenvalue weighted by molar-refractivity contribution is -0.385. The van der Waals surface area contributed by atoms with Gasteiger partial charge in [-0.05, 0) is 32.0 Å². The molecule has 0 unspecified atom stereocenters. The molecule has 0 aromatic heterocycles. The molecule has 8 heteroatoms. The topological polar surface area (TPSA) is 95.7 Å². The number of phenols is 1. The summed E-state index contributed by atoms with van der Waals surface area (Å²) < 4.78 is 0. The Bertz CT molecular complexity index is 530. The van der Waals surface area contributed by atoms with Crippen molar-refractivity contribution in [1.82, 2.24) is 10.2 Å². The number of phenolic OH excluding ortho intramolecular Hbond substituents is 1. The van der Waals surface area contributed by atoms with Crippen molar-refractivity contribution in [2.75, 3.05) is 20.1 Å². The van der Waals surface area contributed by atoms with Crippen molar-refractivity contribution in [3.63, 3.8) is 0 Å². The number of hydrogen-bond donors (Lipinski definition) is 2. The highest BCUT2D eigenvalue weighted by Gasteiger charge is 2.24. The van der Waals surface area contributed by atoms with E-state index in [0.29, 0.717) is 19.1 Å². The minimum atomic E-state index is -0.679. The van der Waals surface area contributed by atoms with Crippen LogP contribution in [0.2, 0.25) is 0 Å². The lowest BCUT2D eigenvalue weighted by Gasteiger charge is -2.31. The summed E-state index contributed by atoms with van der Waals surface area (Å²) in [5.41, 5.74) is -0.119. The Hall–Kier alpha value is -1.86. The fourth-order valence-corrected chi connectivity index (χ4v) is 2.36. The number of nitro benzene ring substituents is 1. The number of carbonyl (C=O) groups excluding carboxylic acids is 1. The second-order valence-corrected chi connectivity index (χ2v) is 4.82. The van der Waals surface area contributed by atoms with Crippen LogP contribution in [-0.4, -0.2) is 47.0 Å². The molecule has 0 saturated carbocycles. The molecule has 7 nitrogen and oxygen atoms in total. The van der Waals surface area contributed by atoms with Crippen molar-refractivity contribution in [2.45, 2.75) is 18.9 Å². The number of rotatable bonds is 3. The Morgan fingerprint density at radius 3 is 2.52 bits per heavy atom. The molecule has 1 aliphatic heterocycles. The maximum Gasteiger partial charge on any atom is 0.310 e. The van der Waals surface area contributed by atoms with E-state index in [0.717, 1.165) is 25.0 Å². The lowest BCUT2D eigenvalue weighted by atomic mass is 10.0. The van der Waals surface area contributed by atoms with E-state index in [1.807, 2.05) is 7.05 Å². The van der Waals surface area contributed by atoms with Gasteiger partial charge in [-0.2, -0.15) is 0 Å². The van der Waals surface area contributed by atoms with Crippen molar-refractivity contribution in [3.8, 4) is 5.75 Å². The first-order valence-corrected chi connectivity index (χ1v) is 6.47. The van der Waals surface area contributed by atoms with Gasteiger partial charge in [0.25, 0.3) is 5.91 Å². The number of halogens is 1. The fraction of sp³-hybridized carbons (Fsp3) is 0.462. The van der Waals surface area contributed by atoms with Crippen molar-refractivity contribution < 1.29 is 14.8 Å². The molecule has 1 aromatic rings. The first-order chi connectivity index (χ1) is 9.52. The van der Waals surface area contributed by atoms with Crippen LogP contribution < -0.4 is 5.32 Å². The van der Waals surface area contributed by atoms with Gasteiger partial charge in [0.05, 0.1) is 4.92 Å². The van der Waals surface area contributed by atoms with E-state index in [1.165, 1.54) is 6.07 Å². The third-order valence-electron chi connectivity index (χ3n) is 3.61. The van der Waals surface area contributed by atoms with Crippen LogP contribution in [-0.2, 0) is 0 Å². The van der Waals surface area contributed by atoms with Gasteiger partial charge in [0.15, 0.2) is 5.75 Å². The summed E-state index contributed by atoms with van der Waals surface area (Å²) in [6, 6.07) is 4.11. The number of aromatic hydroxyl groups is 1. The van der Waals surface area contributed by atoms with Crippen LogP contribution in [0.25, 0.3) is 0 Å². The Morgan fingerprint density at radius 1 is 1.43 bits per heavy atom. The SMILES string of the molecule is CNC1CCN(C(=O)c2ccc([N+](=O)[O-])c(O)c2)CC1.Cl. The Kier molecular flexibility index (Phi) is 5.92. The monoisotopic (exact) mass is 315 g/mol. The van der Waals surface area contributed by atoms with Crippen LogP contribution in [0.15, 0.2) is 18.2 Å². The van der Waals surface area contributed by atoms with Crippen molar-refractivity contribution in [1.29, 1.82) is 0 Å². The molecule has 0 bridgehead atoms. The number of nitrogens with one attached hydrogen (secondary N) is 1. The van der Waals surface area contributed by atoms with Gasteiger partial charge >= 0.3 is 5.69 Å². The number of benzene rings is 1. The summed E-state index contributed by atoms with van der Waals surface area (Å²) in [5, 5.41) is 23.4. The van der Waals surface area contributed by atoms with Gasteiger partial charge in [-0.25, -0.2) is 0 Å². The van der Waals surface area contributed by atoms with E-state index in [4.69, 9.17) is 0 Å². The van der Waals surface area contributed by atoms with Gasteiger partial charge in [-0.1, -0.05) is 0 Å². The summed E-state index contributed by atoms with van der Waals surface area (Å²) >= 11 is 0. The maximum atomic E-state index is 12.3. The van der Waals surface area contributed by atoms with E-state index >= 15 is 0 Å². The Morgan fingerprint density at radius 2 is 2.05 bits per heavy atom. The third kappa shape index (κ3) is 3.83. The first kappa shape index (κ1) is 17.2. The van der Waals surface area contributed by atoms with Crippen LogP contribution in [0.3, 0.4) is 0 Å². The summed E-state index contributed by atoms with van der Waals surface area (Å²) in [7, 11) is 1.90. The van der Waals surface area contributed by atoms with Crippen LogP contribution in [0.4, 0.5) is 5.69 Å². The molecule has 0 spiro atoms. The van der Waals surface area contributed by atoms with Crippen molar-refractivity contribution in [2.24, 2.45) is 0 Å². The summed E-state index contributed by atoms with van der Waals surface area (Å²) in [5.74, 6) is -0.685. The summed E-state index contributed by atoms with van der Waals surface area (Å²) in [6.07, 6.45) is 1.75. The van der Waals surface area contributed by atoms with Crippen LogP contribution in [0.5, 0.6) is 5.75 Å². The van der Waals surface area contributed by atoms with E-state index in [-0.39, 0.29) is 23.9 Å². The van der Waals surface area contributed by atoms with Crippen LogP contribution >= 0.6 is 12.4 Å². The standard InChI is InChI=1S/C13H17N3O4.ClH/c1-14-10-4-6-15(7-5-10)13(18)9-2-3-11(16(19)20)12(17)8-9;/h2-3,8,10,14,17H,4-7H2,1H3;1H. The molecule has 21 heavy (non-hydrogen) atoms. The number of nitro groups is 1. The van der Waals surface area contributed by atoms with E-state index < -0.39 is 16.4 Å². The number of piperidine rings is 1. The first-order valence-electron chi connectivity index (χ1n) is 6.47. The molecule has 2 rings (SSSR count). The number of amides is 1. The molecule has 0 atom stereocenters. The Labute approximate surface area is 128 Å². The summed E-state index contributed by atoms with van der Waals surface area (Å²) in [4.78, 5) is 23.9. The molecular formula is C13H18ClN3O4. The zero-order valence-electron chi connectivity index (χ0n) is 11.6. The molecule has 2 N–H and O–H groups in total. The highest BCUT2D eigenvalue weighted by atomic mass is 35.5. The minimum Gasteiger partial charge on any atom is -0.502 e. The molecular weight excluding hydrogens is 298 g/mol. The van der Waals surface area contributed by atoms with E-state index in [2.05, 4.69) is 5.32 Å². The Balaban J connectivity index is 0.00000220. The van der Waals surface area contributed by atoms with Gasteiger partial charge in [0.1, 0.15) is 0 Å². The predicted molar refractivity (Wildman–Crippen MR) is 80.0 cm³/mol. The van der Waals surface area contributed by atoms with Crippen LogP contribution in [0.1, 0.15) is 23.2 Å². The van der Waals surface area contributed by atoms with Crippen LogP contribution in [0, 0.1) is 10.1 Å². The fourth-order valence-electron chi connectivity index (χ4n) is 2.36. The number of likely N-dealkylation sites (tertiary alicyclic amines) is 1. The molecule has 1 saturated heterocycles. The molecule has 1 aromatic carbocycles. The van der Waals surface area contributed by atoms with E-state index in [1.54, 1.807) is 4.90 Å². The lowest BCUT2D eigenvalue weighted by Crippen LogP contribution is -2.43. The molecule has 1 heterocycles. The molecule has 1 amide bonds. The smallest absolute Gasteiger partial charge is 0.310 e. The van der Waals surface area contributed by atoms with Crippen molar-refractivity contribution in [3.05, 3.63) is 33.9 Å². The molecule has 0 aliphatic carbocycles. The van der Waals surface area contributed by atoms with Crippen molar-refractivity contribution >= 4 is 24.0 Å². The molecule has 1 fully saturated rings. The van der Waals surface area contributed by atoms with Gasteiger partial charge in [-0.3, -0.25) is 14.9 Å². The minimum absolute atomic E-state index is 0. The highest BCUT2D eigenvalue weighted by molar-refractivity contribution is 5.95. The zero-order valence-corrected chi connectivity index (χ0v) is 12.4. The number of carbonyl (C=O) groups is 1.